The second kappa shape index (κ2) is 11.8. The molecule has 5 N–H and O–H groups in total. The third-order valence-electron chi connectivity index (χ3n) is 5.82. The molecule has 1 saturated carbocycles. The van der Waals surface area contributed by atoms with Gasteiger partial charge in [0, 0.05) is 12.5 Å². The van der Waals surface area contributed by atoms with Crippen molar-refractivity contribution in [2.75, 3.05) is 6.54 Å². The van der Waals surface area contributed by atoms with E-state index in [-0.39, 0.29) is 30.8 Å². The third kappa shape index (κ3) is 8.21. The molecule has 11 nitrogen and oxygen atoms in total. The minimum absolute atomic E-state index is 0.00582. The molecular weight excluding hydrogens is 442 g/mol. The molecule has 0 aromatic rings. The topological polar surface area (TPSA) is 171 Å². The zero-order chi connectivity index (χ0) is 23.9. The summed E-state index contributed by atoms with van der Waals surface area (Å²) in [5, 5.41) is 17.6. The van der Waals surface area contributed by atoms with E-state index in [2.05, 4.69) is 16.0 Å². The van der Waals surface area contributed by atoms with E-state index in [4.69, 9.17) is 4.74 Å². The van der Waals surface area contributed by atoms with Gasteiger partial charge in [-0.25, -0.2) is 4.79 Å². The van der Waals surface area contributed by atoms with E-state index in [1.165, 1.54) is 0 Å². The van der Waals surface area contributed by atoms with Crippen LogP contribution >= 0.6 is 0 Å². The second-order valence-electron chi connectivity index (χ2n) is 9.02. The molecule has 3 unspecified atom stereocenters. The number of amides is 3. The number of aliphatic hydroxyl groups excluding tert-OH is 1. The number of ether oxygens (including phenoxy) is 1. The van der Waals surface area contributed by atoms with Crippen LogP contribution in [0.2, 0.25) is 0 Å². The van der Waals surface area contributed by atoms with Crippen molar-refractivity contribution in [3.05, 3.63) is 0 Å². The van der Waals surface area contributed by atoms with Crippen LogP contribution in [0.25, 0.3) is 0 Å². The van der Waals surface area contributed by atoms with E-state index >= 15 is 0 Å². The van der Waals surface area contributed by atoms with Crippen molar-refractivity contribution < 1.29 is 37.2 Å². The first kappa shape index (κ1) is 26.3. The lowest BCUT2D eigenvalue weighted by atomic mass is 9.97. The highest BCUT2D eigenvalue weighted by Gasteiger charge is 2.38. The first-order valence-corrected chi connectivity index (χ1v) is 12.7. The average molecular weight is 478 g/mol. The zero-order valence-corrected chi connectivity index (χ0v) is 19.4. The molecule has 1 heterocycles. The molecule has 12 heteroatoms. The van der Waals surface area contributed by atoms with E-state index in [0.29, 0.717) is 13.0 Å². The fourth-order valence-corrected chi connectivity index (χ4v) is 4.72. The molecule has 0 spiro atoms. The molecule has 2 aliphatic rings. The predicted octanol–water partition coefficient (Wildman–Crippen LogP) is 0.677. The van der Waals surface area contributed by atoms with Gasteiger partial charge in [-0.05, 0) is 50.9 Å². The molecule has 0 aromatic carbocycles. The lowest BCUT2D eigenvalue weighted by molar-refractivity contribution is -0.126. The number of alkyl carbamates (subject to hydrolysis) is 1. The largest absolute Gasteiger partial charge is 0.446 e. The summed E-state index contributed by atoms with van der Waals surface area (Å²) in [7, 11) is -4.90. The summed E-state index contributed by atoms with van der Waals surface area (Å²) in [5.74, 6) is -1.67. The Morgan fingerprint density at radius 1 is 1.16 bits per heavy atom. The number of hydrogen-bond acceptors (Lipinski definition) is 7. The van der Waals surface area contributed by atoms with Gasteiger partial charge in [0.15, 0.2) is 0 Å². The Balaban J connectivity index is 2.08. The van der Waals surface area contributed by atoms with Crippen molar-refractivity contribution in [2.45, 2.75) is 88.8 Å². The summed E-state index contributed by atoms with van der Waals surface area (Å²) < 4.78 is 37.8. The van der Waals surface area contributed by atoms with Crippen molar-refractivity contribution >= 4 is 28.0 Å². The summed E-state index contributed by atoms with van der Waals surface area (Å²) >= 11 is 0. The van der Waals surface area contributed by atoms with Crippen molar-refractivity contribution in [1.29, 1.82) is 0 Å². The lowest BCUT2D eigenvalue weighted by Crippen LogP contribution is -2.55. The third-order valence-corrected chi connectivity index (χ3v) is 6.76. The molecule has 4 atom stereocenters. The predicted molar refractivity (Wildman–Crippen MR) is 115 cm³/mol. The van der Waals surface area contributed by atoms with E-state index in [1.54, 1.807) is 0 Å². The Morgan fingerprint density at radius 2 is 1.81 bits per heavy atom. The molecule has 3 amide bonds. The van der Waals surface area contributed by atoms with Crippen LogP contribution in [0.15, 0.2) is 0 Å². The van der Waals surface area contributed by atoms with Gasteiger partial charge < -0.3 is 25.8 Å². The summed E-state index contributed by atoms with van der Waals surface area (Å²) in [4.78, 5) is 37.2. The minimum Gasteiger partial charge on any atom is -0.446 e. The number of carbonyl (C=O) groups excluding carboxylic acids is 3. The maximum Gasteiger partial charge on any atom is 0.408 e. The second-order valence-corrected chi connectivity index (χ2v) is 10.5. The van der Waals surface area contributed by atoms with Gasteiger partial charge in [-0.15, -0.1) is 0 Å². The standard InChI is InChI=1S/C20H35N3O8S/c1-12(2)10-15(23-20(27)31-14-6-4-3-5-7-14)18(25)22-16(19(26)32(28,29)30)11-13-8-9-21-17(13)24/h12-16,19,26H,3-11H2,1-2H3,(H,21,24)(H,22,25)(H,23,27)(H,28,29,30)/t13-,15?,16?,19?/m0/s1. The Hall–Kier alpha value is -1.92. The van der Waals surface area contributed by atoms with Crippen LogP contribution in [-0.4, -0.2) is 66.2 Å². The molecule has 2 fully saturated rings. The first-order valence-electron chi connectivity index (χ1n) is 11.2. The van der Waals surface area contributed by atoms with E-state index in [9.17, 15) is 32.5 Å². The molecule has 0 aromatic heterocycles. The van der Waals surface area contributed by atoms with Crippen LogP contribution in [0.5, 0.6) is 0 Å². The highest BCUT2D eigenvalue weighted by molar-refractivity contribution is 7.86. The smallest absolute Gasteiger partial charge is 0.408 e. The molecule has 1 aliphatic heterocycles. The number of aliphatic hydroxyl groups is 1. The number of nitrogens with one attached hydrogen (secondary N) is 3. The van der Waals surface area contributed by atoms with Crippen molar-refractivity contribution in [1.82, 2.24) is 16.0 Å². The Morgan fingerprint density at radius 3 is 2.34 bits per heavy atom. The van der Waals surface area contributed by atoms with Crippen molar-refractivity contribution in [2.24, 2.45) is 11.8 Å². The van der Waals surface area contributed by atoms with Gasteiger partial charge in [-0.2, -0.15) is 8.42 Å². The van der Waals surface area contributed by atoms with E-state index in [0.717, 1.165) is 32.1 Å². The van der Waals surface area contributed by atoms with E-state index < -0.39 is 45.6 Å². The maximum atomic E-state index is 12.9. The summed E-state index contributed by atoms with van der Waals surface area (Å²) in [6.07, 6.45) is 4.09. The molecular formula is C20H35N3O8S. The quantitative estimate of drug-likeness (QED) is 0.286. The van der Waals surface area contributed by atoms with Gasteiger partial charge in [0.25, 0.3) is 10.1 Å². The molecule has 1 aliphatic carbocycles. The van der Waals surface area contributed by atoms with Gasteiger partial charge in [0.2, 0.25) is 17.3 Å². The molecule has 1 saturated heterocycles. The highest BCUT2D eigenvalue weighted by Crippen LogP contribution is 2.21. The zero-order valence-electron chi connectivity index (χ0n) is 18.6. The van der Waals surface area contributed by atoms with Crippen LogP contribution in [0.4, 0.5) is 4.79 Å². The molecule has 32 heavy (non-hydrogen) atoms. The van der Waals surface area contributed by atoms with Crippen LogP contribution < -0.4 is 16.0 Å². The number of carbonyl (C=O) groups is 3. The maximum absolute atomic E-state index is 12.9. The van der Waals surface area contributed by atoms with E-state index in [1.807, 2.05) is 13.8 Å². The fourth-order valence-electron chi connectivity index (χ4n) is 4.13. The van der Waals surface area contributed by atoms with Crippen LogP contribution in [0.3, 0.4) is 0 Å². The molecule has 2 rings (SSSR count). The summed E-state index contributed by atoms with van der Waals surface area (Å²) in [5.41, 5.74) is -2.31. The lowest BCUT2D eigenvalue weighted by Gasteiger charge is -2.28. The Labute approximate surface area is 188 Å². The molecule has 184 valence electrons. The highest BCUT2D eigenvalue weighted by atomic mass is 32.2. The van der Waals surface area contributed by atoms with Gasteiger partial charge >= 0.3 is 6.09 Å². The SMILES string of the molecule is CC(C)CC(NC(=O)OC1CCCCC1)C(=O)NC(C[C@@H]1CCNC1=O)C(O)S(=O)(=O)O. The van der Waals surface area contributed by atoms with Crippen LogP contribution in [-0.2, 0) is 24.4 Å². The molecule has 0 radical (unpaired) electrons. The summed E-state index contributed by atoms with van der Waals surface area (Å²) in [6.45, 7) is 4.10. The Kier molecular flexibility index (Phi) is 9.71. The monoisotopic (exact) mass is 477 g/mol. The van der Waals surface area contributed by atoms with Gasteiger partial charge in [0.1, 0.15) is 12.1 Å². The van der Waals surface area contributed by atoms with Crippen molar-refractivity contribution in [3.63, 3.8) is 0 Å². The average Bonchev–Trinajstić information content (AvgIpc) is 3.10. The summed E-state index contributed by atoms with van der Waals surface area (Å²) in [6, 6.07) is -2.48. The fraction of sp³-hybridized carbons (Fsp3) is 0.850. The van der Waals surface area contributed by atoms with Gasteiger partial charge in [-0.1, -0.05) is 20.3 Å². The number of hydrogen-bond donors (Lipinski definition) is 5. The van der Waals surface area contributed by atoms with Gasteiger partial charge in [0.05, 0.1) is 6.04 Å². The normalized spacial score (nSPS) is 22.7. The minimum atomic E-state index is -4.90. The van der Waals surface area contributed by atoms with Crippen LogP contribution in [0.1, 0.15) is 65.2 Å². The van der Waals surface area contributed by atoms with Crippen molar-refractivity contribution in [3.8, 4) is 0 Å². The molecule has 0 bridgehead atoms. The Bertz CT molecular complexity index is 767. The first-order chi connectivity index (χ1) is 15.0. The van der Waals surface area contributed by atoms with Crippen LogP contribution in [0, 0.1) is 11.8 Å². The van der Waals surface area contributed by atoms with Gasteiger partial charge in [-0.3, -0.25) is 14.1 Å². The number of rotatable bonds is 10.